The fourth-order valence-electron chi connectivity index (χ4n) is 1.37. The van der Waals surface area contributed by atoms with Crippen molar-refractivity contribution in [2.24, 2.45) is 0 Å². The molecule has 0 bridgehead atoms. The summed E-state index contributed by atoms with van der Waals surface area (Å²) >= 11 is 0. The second-order valence-electron chi connectivity index (χ2n) is 2.73. The van der Waals surface area contributed by atoms with E-state index in [4.69, 9.17) is 4.74 Å². The minimum Gasteiger partial charge on any atom is -0.482 e. The van der Waals surface area contributed by atoms with Gasteiger partial charge in [0.1, 0.15) is 0 Å². The molecule has 0 atom stereocenters. The van der Waals surface area contributed by atoms with Crippen LogP contribution in [0.25, 0.3) is 11.1 Å². The number of aromatic nitrogens is 1. The van der Waals surface area contributed by atoms with E-state index in [0.717, 1.165) is 5.56 Å². The Morgan fingerprint density at radius 3 is 2.92 bits per heavy atom. The quantitative estimate of drug-likeness (QED) is 0.713. The molecule has 2 rings (SSSR count). The number of hydrogen-bond donors (Lipinski definition) is 1. The molecule has 1 heterocycles. The zero-order chi connectivity index (χ0) is 9.26. The van der Waals surface area contributed by atoms with Gasteiger partial charge in [0.05, 0.1) is 12.7 Å². The highest BCUT2D eigenvalue weighted by Gasteiger charge is 2.10. The summed E-state index contributed by atoms with van der Waals surface area (Å²) in [5.74, 6) is 0.517. The lowest BCUT2D eigenvalue weighted by Gasteiger charge is -2.08. The normalized spacial score (nSPS) is 10.2. The third-order valence-electron chi connectivity index (χ3n) is 1.97. The van der Waals surface area contributed by atoms with Crippen LogP contribution in [0.2, 0.25) is 0 Å². The number of hydrogen-bond acceptors (Lipinski definition) is 2. The molecule has 0 saturated heterocycles. The molecule has 66 valence electrons. The number of aromatic amines is 1. The van der Waals surface area contributed by atoms with Gasteiger partial charge >= 0.3 is 0 Å². The molecule has 1 aliphatic carbocycles. The van der Waals surface area contributed by atoms with Gasteiger partial charge in [0.2, 0.25) is 5.88 Å². The molecule has 1 N–H and O–H groups in total. The van der Waals surface area contributed by atoms with Crippen LogP contribution in [0.3, 0.4) is 0 Å². The summed E-state index contributed by atoms with van der Waals surface area (Å²) in [4.78, 5) is 14.3. The molecular formula is C10H9NO2. The molecule has 0 fully saturated rings. The van der Waals surface area contributed by atoms with E-state index in [-0.39, 0.29) is 5.43 Å². The van der Waals surface area contributed by atoms with Gasteiger partial charge in [-0.3, -0.25) is 4.79 Å². The van der Waals surface area contributed by atoms with Crippen LogP contribution in [0.1, 0.15) is 0 Å². The van der Waals surface area contributed by atoms with Crippen LogP contribution in [0, 0.1) is 0 Å². The van der Waals surface area contributed by atoms with Gasteiger partial charge in [-0.2, -0.15) is 0 Å². The average Bonchev–Trinajstić information content (AvgIpc) is 2.17. The van der Waals surface area contributed by atoms with Crippen molar-refractivity contribution in [2.75, 3.05) is 7.11 Å². The first kappa shape index (κ1) is 7.86. The number of ether oxygens (including phenoxy) is 1. The molecule has 0 unspecified atom stereocenters. The summed E-state index contributed by atoms with van der Waals surface area (Å²) in [5.41, 5.74) is 1.47. The van der Waals surface area contributed by atoms with Crippen molar-refractivity contribution < 1.29 is 4.74 Å². The Hall–Kier alpha value is -1.77. The molecule has 3 nitrogen and oxygen atoms in total. The highest BCUT2D eigenvalue weighted by molar-refractivity contribution is 5.69. The smallest absolute Gasteiger partial charge is 0.202 e. The number of benzene rings is 1. The largest absolute Gasteiger partial charge is 0.482 e. The molecule has 0 aromatic heterocycles. The predicted molar refractivity (Wildman–Crippen MR) is 50.2 cm³/mol. The lowest BCUT2D eigenvalue weighted by atomic mass is 10.1. The first-order chi connectivity index (χ1) is 6.33. The number of H-pyrrole nitrogens is 1. The fraction of sp³-hybridized carbons (Fsp3) is 0.100. The maximum absolute atomic E-state index is 11.5. The Morgan fingerprint density at radius 1 is 1.31 bits per heavy atom. The SMILES string of the molecule is COc1[nH]ccc2cccc(=O)c1-2. The third-order valence-corrected chi connectivity index (χ3v) is 1.97. The van der Waals surface area contributed by atoms with Crippen molar-refractivity contribution in [3.05, 3.63) is 40.7 Å². The lowest BCUT2D eigenvalue weighted by Crippen LogP contribution is -2.06. The third kappa shape index (κ3) is 1.18. The van der Waals surface area contributed by atoms with Gasteiger partial charge in [0.15, 0.2) is 5.43 Å². The van der Waals surface area contributed by atoms with Crippen LogP contribution in [-0.2, 0) is 0 Å². The minimum absolute atomic E-state index is 0.0220. The zero-order valence-corrected chi connectivity index (χ0v) is 7.20. The summed E-state index contributed by atoms with van der Waals surface area (Å²) in [6, 6.07) is 7.00. The van der Waals surface area contributed by atoms with Crippen molar-refractivity contribution in [1.29, 1.82) is 0 Å². The second-order valence-corrected chi connectivity index (χ2v) is 2.73. The van der Waals surface area contributed by atoms with Crippen LogP contribution in [0.5, 0.6) is 5.88 Å². The lowest BCUT2D eigenvalue weighted by molar-refractivity contribution is 0.399. The van der Waals surface area contributed by atoms with E-state index < -0.39 is 0 Å². The van der Waals surface area contributed by atoms with Gasteiger partial charge < -0.3 is 9.72 Å². The number of rotatable bonds is 1. The van der Waals surface area contributed by atoms with Gasteiger partial charge in [-0.1, -0.05) is 12.1 Å². The van der Waals surface area contributed by atoms with Crippen LogP contribution in [0.15, 0.2) is 35.3 Å². The standard InChI is InChI=1S/C10H9NO2/c1-13-10-9-7(5-6-11-10)3-2-4-8(9)12/h2-6,11H,1H3. The number of pyridine rings is 1. The monoisotopic (exact) mass is 175 g/mol. The van der Waals surface area contributed by atoms with Crippen molar-refractivity contribution >= 4 is 0 Å². The maximum atomic E-state index is 11.5. The number of fused-ring (bicyclic) bond motifs is 1. The Balaban J connectivity index is 2.84. The molecule has 0 aromatic carbocycles. The van der Waals surface area contributed by atoms with Crippen molar-refractivity contribution in [3.8, 4) is 17.0 Å². The van der Waals surface area contributed by atoms with Crippen molar-refractivity contribution in [3.63, 3.8) is 0 Å². The summed E-state index contributed by atoms with van der Waals surface area (Å²) in [5, 5.41) is 0. The Morgan fingerprint density at radius 2 is 2.15 bits per heavy atom. The first-order valence-corrected chi connectivity index (χ1v) is 3.97. The van der Waals surface area contributed by atoms with E-state index in [2.05, 4.69) is 4.98 Å². The molecule has 13 heavy (non-hydrogen) atoms. The maximum Gasteiger partial charge on any atom is 0.202 e. The fourth-order valence-corrected chi connectivity index (χ4v) is 1.37. The zero-order valence-electron chi connectivity index (χ0n) is 7.20. The summed E-state index contributed by atoms with van der Waals surface area (Å²) in [6.07, 6.45) is 1.75. The van der Waals surface area contributed by atoms with E-state index in [1.54, 1.807) is 12.3 Å². The van der Waals surface area contributed by atoms with Crippen molar-refractivity contribution in [1.82, 2.24) is 4.98 Å². The molecule has 3 heteroatoms. The van der Waals surface area contributed by atoms with Crippen LogP contribution in [-0.4, -0.2) is 12.1 Å². The Kier molecular flexibility index (Phi) is 1.77. The predicted octanol–water partition coefficient (Wildman–Crippen LogP) is 1.49. The highest BCUT2D eigenvalue weighted by Crippen LogP contribution is 2.24. The second kappa shape index (κ2) is 2.94. The van der Waals surface area contributed by atoms with Crippen LogP contribution in [0.4, 0.5) is 0 Å². The molecule has 0 saturated carbocycles. The van der Waals surface area contributed by atoms with E-state index in [1.165, 1.54) is 13.2 Å². The van der Waals surface area contributed by atoms with E-state index >= 15 is 0 Å². The average molecular weight is 175 g/mol. The van der Waals surface area contributed by atoms with Gasteiger partial charge in [0.25, 0.3) is 0 Å². The Labute approximate surface area is 75.3 Å². The van der Waals surface area contributed by atoms with E-state index in [9.17, 15) is 4.79 Å². The topological polar surface area (TPSA) is 42.1 Å². The first-order valence-electron chi connectivity index (χ1n) is 3.97. The molecule has 2 aliphatic rings. The number of nitrogens with one attached hydrogen (secondary N) is 1. The highest BCUT2D eigenvalue weighted by atomic mass is 16.5. The van der Waals surface area contributed by atoms with Gasteiger partial charge in [0, 0.05) is 6.20 Å². The van der Waals surface area contributed by atoms with Gasteiger partial charge in [-0.25, -0.2) is 0 Å². The summed E-state index contributed by atoms with van der Waals surface area (Å²) in [6.45, 7) is 0. The molecular weight excluding hydrogens is 166 g/mol. The van der Waals surface area contributed by atoms with E-state index in [0.29, 0.717) is 11.4 Å². The van der Waals surface area contributed by atoms with E-state index in [1.807, 2.05) is 12.1 Å². The van der Waals surface area contributed by atoms with Crippen molar-refractivity contribution in [2.45, 2.75) is 0 Å². The minimum atomic E-state index is -0.0220. The molecule has 0 aromatic rings. The summed E-state index contributed by atoms with van der Waals surface area (Å²) in [7, 11) is 1.54. The van der Waals surface area contributed by atoms with Crippen LogP contribution >= 0.6 is 0 Å². The summed E-state index contributed by atoms with van der Waals surface area (Å²) < 4.78 is 5.05. The molecule has 0 spiro atoms. The van der Waals surface area contributed by atoms with Crippen LogP contribution < -0.4 is 10.2 Å². The molecule has 1 aliphatic heterocycles. The molecule has 0 amide bonds. The number of methoxy groups -OCH3 is 1. The Bertz CT molecular complexity index is 447. The van der Waals surface area contributed by atoms with Gasteiger partial charge in [-0.15, -0.1) is 0 Å². The molecule has 0 radical (unpaired) electrons. The van der Waals surface area contributed by atoms with Gasteiger partial charge in [-0.05, 0) is 17.7 Å².